The Morgan fingerprint density at radius 1 is 1.07 bits per heavy atom. The van der Waals surface area contributed by atoms with Crippen LogP contribution in [0.3, 0.4) is 0 Å². The van der Waals surface area contributed by atoms with Crippen LogP contribution in [0.1, 0.15) is 5.69 Å². The van der Waals surface area contributed by atoms with Gasteiger partial charge in [0, 0.05) is 23.3 Å². The molecule has 0 amide bonds. The number of benzene rings is 1. The molecule has 0 fully saturated rings. The van der Waals surface area contributed by atoms with Gasteiger partial charge in [-0.05, 0) is 35.7 Å². The summed E-state index contributed by atoms with van der Waals surface area (Å²) in [6.07, 6.45) is -1.89. The van der Waals surface area contributed by atoms with E-state index in [4.69, 9.17) is 0 Å². The minimum atomic E-state index is -4.84. The molecule has 0 aliphatic carbocycles. The second kappa shape index (κ2) is 7.62. The van der Waals surface area contributed by atoms with Gasteiger partial charge >= 0.3 is 6.36 Å². The molecule has 3 rings (SSSR count). The molecule has 0 aliphatic heterocycles. The molecular formula is C16H12F3N3O3S2. The third-order valence-electron chi connectivity index (χ3n) is 3.37. The largest absolute Gasteiger partial charge is 0.573 e. The summed E-state index contributed by atoms with van der Waals surface area (Å²) in [5, 5.41) is 3.73. The van der Waals surface area contributed by atoms with Crippen molar-refractivity contribution in [2.75, 3.05) is 0 Å². The fourth-order valence-corrected chi connectivity index (χ4v) is 3.83. The average Bonchev–Trinajstić information content (AvgIpc) is 3.14. The van der Waals surface area contributed by atoms with Crippen molar-refractivity contribution in [2.24, 2.45) is 0 Å². The standard InChI is InChI=1S/C16H12F3N3O3S2/c17-16(18,19)25-12-1-3-13(4-2-12)27(23,24)22-9-14-15(21-7-6-20-14)11-5-8-26-10-11/h1-8,10,22H,9H2. The van der Waals surface area contributed by atoms with Crippen molar-refractivity contribution >= 4 is 21.4 Å². The lowest BCUT2D eigenvalue weighted by Crippen LogP contribution is -2.24. The second-order valence-corrected chi connectivity index (χ2v) is 7.75. The van der Waals surface area contributed by atoms with Crippen molar-refractivity contribution in [3.05, 3.63) is 59.2 Å². The van der Waals surface area contributed by atoms with E-state index in [9.17, 15) is 21.6 Å². The molecule has 0 saturated heterocycles. The number of alkyl halides is 3. The highest BCUT2D eigenvalue weighted by molar-refractivity contribution is 7.89. The van der Waals surface area contributed by atoms with Gasteiger partial charge in [-0.25, -0.2) is 13.1 Å². The van der Waals surface area contributed by atoms with E-state index in [2.05, 4.69) is 19.4 Å². The van der Waals surface area contributed by atoms with Crippen LogP contribution in [0.5, 0.6) is 5.75 Å². The number of ether oxygens (including phenoxy) is 1. The smallest absolute Gasteiger partial charge is 0.406 e. The average molecular weight is 415 g/mol. The molecule has 27 heavy (non-hydrogen) atoms. The predicted molar refractivity (Wildman–Crippen MR) is 92.5 cm³/mol. The van der Waals surface area contributed by atoms with E-state index in [1.165, 1.54) is 23.7 Å². The third kappa shape index (κ3) is 5.02. The van der Waals surface area contributed by atoms with Gasteiger partial charge in [0.25, 0.3) is 0 Å². The van der Waals surface area contributed by atoms with E-state index in [0.29, 0.717) is 11.4 Å². The maximum absolute atomic E-state index is 12.4. The molecule has 142 valence electrons. The Labute approximate surface area is 156 Å². The normalized spacial score (nSPS) is 12.1. The van der Waals surface area contributed by atoms with Gasteiger partial charge in [0.1, 0.15) is 5.75 Å². The first-order valence-electron chi connectivity index (χ1n) is 7.42. The molecule has 11 heteroatoms. The van der Waals surface area contributed by atoms with Crippen molar-refractivity contribution in [3.8, 4) is 17.0 Å². The number of hydrogen-bond donors (Lipinski definition) is 1. The van der Waals surface area contributed by atoms with Gasteiger partial charge in [0.2, 0.25) is 10.0 Å². The van der Waals surface area contributed by atoms with Gasteiger partial charge in [0.15, 0.2) is 0 Å². The molecule has 0 radical (unpaired) electrons. The minimum Gasteiger partial charge on any atom is -0.406 e. The summed E-state index contributed by atoms with van der Waals surface area (Å²) in [6, 6.07) is 5.76. The molecule has 0 spiro atoms. The first kappa shape index (κ1) is 19.3. The second-order valence-electron chi connectivity index (χ2n) is 5.21. The first-order valence-corrected chi connectivity index (χ1v) is 9.85. The zero-order chi connectivity index (χ0) is 19.5. The lowest BCUT2D eigenvalue weighted by molar-refractivity contribution is -0.274. The molecule has 0 aliphatic rings. The first-order chi connectivity index (χ1) is 12.7. The van der Waals surface area contributed by atoms with Gasteiger partial charge in [-0.2, -0.15) is 11.3 Å². The Balaban J connectivity index is 1.75. The number of sulfonamides is 1. The zero-order valence-corrected chi connectivity index (χ0v) is 15.1. The maximum atomic E-state index is 12.4. The molecule has 1 aromatic carbocycles. The number of thiophene rings is 1. The van der Waals surface area contributed by atoms with Crippen LogP contribution in [0.15, 0.2) is 58.4 Å². The van der Waals surface area contributed by atoms with Crippen molar-refractivity contribution in [2.45, 2.75) is 17.8 Å². The van der Waals surface area contributed by atoms with Gasteiger partial charge in [-0.3, -0.25) is 9.97 Å². The summed E-state index contributed by atoms with van der Waals surface area (Å²) < 4.78 is 67.4. The SMILES string of the molecule is O=S(=O)(NCc1nccnc1-c1ccsc1)c1ccc(OC(F)(F)F)cc1. The van der Waals surface area contributed by atoms with Crippen molar-refractivity contribution in [3.63, 3.8) is 0 Å². The van der Waals surface area contributed by atoms with Gasteiger partial charge in [-0.15, -0.1) is 13.2 Å². The molecule has 0 atom stereocenters. The zero-order valence-electron chi connectivity index (χ0n) is 13.5. The minimum absolute atomic E-state index is 0.123. The van der Waals surface area contributed by atoms with Crippen LogP contribution < -0.4 is 9.46 Å². The van der Waals surface area contributed by atoms with Crippen molar-refractivity contribution in [1.82, 2.24) is 14.7 Å². The van der Waals surface area contributed by atoms with E-state index in [0.717, 1.165) is 29.8 Å². The number of nitrogens with zero attached hydrogens (tertiary/aromatic N) is 2. The highest BCUT2D eigenvalue weighted by Gasteiger charge is 2.31. The van der Waals surface area contributed by atoms with E-state index >= 15 is 0 Å². The molecule has 2 heterocycles. The lowest BCUT2D eigenvalue weighted by Gasteiger charge is -2.11. The van der Waals surface area contributed by atoms with Gasteiger partial charge in [0.05, 0.1) is 22.8 Å². The molecule has 1 N–H and O–H groups in total. The summed E-state index contributed by atoms with van der Waals surface area (Å²) in [7, 11) is -3.96. The van der Waals surface area contributed by atoms with Crippen LogP contribution in [0.2, 0.25) is 0 Å². The molecule has 0 bridgehead atoms. The van der Waals surface area contributed by atoms with Gasteiger partial charge < -0.3 is 4.74 Å². The van der Waals surface area contributed by atoms with Crippen LogP contribution in [-0.4, -0.2) is 24.7 Å². The number of halogens is 3. The summed E-state index contributed by atoms with van der Waals surface area (Å²) >= 11 is 1.47. The third-order valence-corrected chi connectivity index (χ3v) is 5.47. The number of aromatic nitrogens is 2. The fourth-order valence-electron chi connectivity index (χ4n) is 2.20. The highest BCUT2D eigenvalue weighted by atomic mass is 32.2. The summed E-state index contributed by atoms with van der Waals surface area (Å²) in [5.74, 6) is -0.505. The Kier molecular flexibility index (Phi) is 5.44. The Hall–Kier alpha value is -2.50. The number of rotatable bonds is 6. The van der Waals surface area contributed by atoms with Crippen LogP contribution in [-0.2, 0) is 16.6 Å². The molecule has 6 nitrogen and oxygen atoms in total. The molecule has 0 unspecified atom stereocenters. The summed E-state index contributed by atoms with van der Waals surface area (Å²) in [6.45, 7) is -0.123. The van der Waals surface area contributed by atoms with Gasteiger partial charge in [-0.1, -0.05) is 0 Å². The monoisotopic (exact) mass is 415 g/mol. The predicted octanol–water partition coefficient (Wildman–Crippen LogP) is 3.58. The highest BCUT2D eigenvalue weighted by Crippen LogP contribution is 2.25. The Morgan fingerprint density at radius 3 is 2.41 bits per heavy atom. The number of nitrogens with one attached hydrogen (secondary N) is 1. The van der Waals surface area contributed by atoms with E-state index < -0.39 is 22.1 Å². The van der Waals surface area contributed by atoms with Crippen molar-refractivity contribution in [1.29, 1.82) is 0 Å². The maximum Gasteiger partial charge on any atom is 0.573 e. The Bertz CT molecular complexity index is 1010. The van der Waals surface area contributed by atoms with Crippen LogP contribution >= 0.6 is 11.3 Å². The molecule has 2 aromatic heterocycles. The van der Waals surface area contributed by atoms with E-state index in [1.807, 2.05) is 16.8 Å². The number of hydrogen-bond acceptors (Lipinski definition) is 6. The quantitative estimate of drug-likeness (QED) is 0.666. The fraction of sp³-hybridized carbons (Fsp3) is 0.125. The summed E-state index contributed by atoms with van der Waals surface area (Å²) in [5.41, 5.74) is 1.79. The van der Waals surface area contributed by atoms with Crippen LogP contribution in [0.25, 0.3) is 11.3 Å². The molecule has 0 saturated carbocycles. The van der Waals surface area contributed by atoms with E-state index in [-0.39, 0.29) is 11.4 Å². The van der Waals surface area contributed by atoms with Crippen LogP contribution in [0.4, 0.5) is 13.2 Å². The molecular weight excluding hydrogens is 403 g/mol. The van der Waals surface area contributed by atoms with E-state index in [1.54, 1.807) is 0 Å². The van der Waals surface area contributed by atoms with Crippen molar-refractivity contribution < 1.29 is 26.3 Å². The summed E-state index contributed by atoms with van der Waals surface area (Å²) in [4.78, 5) is 8.19. The topological polar surface area (TPSA) is 81.2 Å². The Morgan fingerprint density at radius 2 is 1.78 bits per heavy atom. The lowest BCUT2D eigenvalue weighted by atomic mass is 10.2. The molecule has 3 aromatic rings. The van der Waals surface area contributed by atoms with Crippen LogP contribution in [0, 0.1) is 0 Å².